The number of aromatic nitrogens is 4. The molecule has 0 saturated carbocycles. The molecule has 0 aliphatic rings. The molecule has 0 saturated heterocycles. The first-order valence-electron chi connectivity index (χ1n) is 21.7. The van der Waals surface area contributed by atoms with Crippen molar-refractivity contribution >= 4 is 0 Å². The predicted molar refractivity (Wildman–Crippen MR) is 259 cm³/mol. The summed E-state index contributed by atoms with van der Waals surface area (Å²) >= 11 is 0. The van der Waals surface area contributed by atoms with Gasteiger partial charge in [0.25, 0.3) is 0 Å². The molecule has 3 heterocycles. The number of rotatable bonds is 13. The van der Waals surface area contributed by atoms with Crippen molar-refractivity contribution in [3.05, 3.63) is 253 Å². The Morgan fingerprint density at radius 1 is 0.302 bits per heavy atom. The molecule has 0 unspecified atom stereocenters. The fourth-order valence-corrected chi connectivity index (χ4v) is 8.40. The van der Waals surface area contributed by atoms with Gasteiger partial charge in [-0.2, -0.15) is 5.10 Å². The molecule has 63 heavy (non-hydrogen) atoms. The van der Waals surface area contributed by atoms with Crippen molar-refractivity contribution in [2.24, 2.45) is 0 Å². The smallest absolute Gasteiger partial charge is 0.0702 e. The Morgan fingerprint density at radius 2 is 0.810 bits per heavy atom. The van der Waals surface area contributed by atoms with Gasteiger partial charge in [-0.3, -0.25) is 9.97 Å². The summed E-state index contributed by atoms with van der Waals surface area (Å²) in [6.45, 7) is 0. The van der Waals surface area contributed by atoms with Crippen LogP contribution in [0, 0.1) is 0 Å². The average Bonchev–Trinajstić information content (AvgIpc) is 3.86. The Morgan fingerprint density at radius 3 is 1.48 bits per heavy atom. The van der Waals surface area contributed by atoms with E-state index in [2.05, 4.69) is 193 Å². The highest BCUT2D eigenvalue weighted by Gasteiger charge is 2.13. The maximum atomic E-state index is 5.05. The van der Waals surface area contributed by atoms with Crippen LogP contribution < -0.4 is 0 Å². The number of hydrogen-bond acceptors (Lipinski definition) is 3. The first kappa shape index (κ1) is 39.2. The van der Waals surface area contributed by atoms with Crippen molar-refractivity contribution in [3.63, 3.8) is 0 Å². The van der Waals surface area contributed by atoms with Gasteiger partial charge in [-0.1, -0.05) is 176 Å². The zero-order valence-corrected chi connectivity index (χ0v) is 35.1. The predicted octanol–water partition coefficient (Wildman–Crippen LogP) is 14.2. The van der Waals surface area contributed by atoms with Crippen LogP contribution in [0.1, 0.15) is 22.3 Å². The SMILES string of the molecule is c1ccc(-c2ccc(-c3cccc(-c4ccc(-c5ccccc5-c5cc(CCc6ccc(-c7ccccc7)nc6)cc(CCc6cnn(-c7ccccc7)c6)c5)cn4)c3)cc2)cc1. The normalized spacial score (nSPS) is 11.1. The molecule has 4 heteroatoms. The van der Waals surface area contributed by atoms with E-state index in [1.807, 2.05) is 47.5 Å². The second kappa shape index (κ2) is 18.3. The number of benzene rings is 7. The molecular weight excluding hydrogens is 765 g/mol. The van der Waals surface area contributed by atoms with Gasteiger partial charge in [-0.25, -0.2) is 4.68 Å². The molecule has 7 aromatic carbocycles. The summed E-state index contributed by atoms with van der Waals surface area (Å²) in [6.07, 6.45) is 11.8. The molecule has 4 nitrogen and oxygen atoms in total. The maximum Gasteiger partial charge on any atom is 0.0702 e. The molecule has 0 spiro atoms. The van der Waals surface area contributed by atoms with E-state index in [0.29, 0.717) is 0 Å². The third-order valence-corrected chi connectivity index (χ3v) is 11.8. The minimum Gasteiger partial charge on any atom is -0.256 e. The van der Waals surface area contributed by atoms with Crippen LogP contribution in [0.25, 0.3) is 72.7 Å². The number of aryl methyl sites for hydroxylation is 4. The molecule has 302 valence electrons. The molecule has 0 bridgehead atoms. The zero-order valence-electron chi connectivity index (χ0n) is 35.1. The third-order valence-electron chi connectivity index (χ3n) is 11.8. The molecule has 0 amide bonds. The molecule has 10 aromatic rings. The van der Waals surface area contributed by atoms with Crippen molar-refractivity contribution in [1.29, 1.82) is 0 Å². The fraction of sp³-hybridized carbons (Fsp3) is 0.0678. The lowest BCUT2D eigenvalue weighted by Gasteiger charge is -2.15. The van der Waals surface area contributed by atoms with Crippen LogP contribution in [0.2, 0.25) is 0 Å². The van der Waals surface area contributed by atoms with Gasteiger partial charge in [-0.15, -0.1) is 0 Å². The minimum absolute atomic E-state index is 0.897. The van der Waals surface area contributed by atoms with Crippen LogP contribution in [0.3, 0.4) is 0 Å². The summed E-state index contributed by atoms with van der Waals surface area (Å²) < 4.78 is 1.96. The Kier molecular flexibility index (Phi) is 11.4. The third kappa shape index (κ3) is 9.22. The molecule has 0 aliphatic carbocycles. The van der Waals surface area contributed by atoms with Crippen LogP contribution in [0.5, 0.6) is 0 Å². The number of hydrogen-bond donors (Lipinski definition) is 0. The molecule has 3 aromatic heterocycles. The Bertz CT molecular complexity index is 3060. The second-order valence-electron chi connectivity index (χ2n) is 16.1. The Labute approximate surface area is 369 Å². The van der Waals surface area contributed by atoms with Gasteiger partial charge in [0.2, 0.25) is 0 Å². The zero-order chi connectivity index (χ0) is 42.2. The highest BCUT2D eigenvalue weighted by Crippen LogP contribution is 2.35. The first-order valence-corrected chi connectivity index (χ1v) is 21.7. The van der Waals surface area contributed by atoms with Crippen LogP contribution in [-0.4, -0.2) is 19.7 Å². The largest absolute Gasteiger partial charge is 0.256 e. The summed E-state index contributed by atoms with van der Waals surface area (Å²) in [6, 6.07) is 73.2. The second-order valence-corrected chi connectivity index (χ2v) is 16.1. The number of nitrogens with zero attached hydrogens (tertiary/aromatic N) is 4. The van der Waals surface area contributed by atoms with Crippen LogP contribution in [-0.2, 0) is 25.7 Å². The lowest BCUT2D eigenvalue weighted by molar-refractivity contribution is 0.878. The van der Waals surface area contributed by atoms with Crippen LogP contribution in [0.15, 0.2) is 231 Å². The van der Waals surface area contributed by atoms with E-state index < -0.39 is 0 Å². The summed E-state index contributed by atoms with van der Waals surface area (Å²) in [5.74, 6) is 0. The van der Waals surface area contributed by atoms with Crippen LogP contribution in [0.4, 0.5) is 0 Å². The van der Waals surface area contributed by atoms with Crippen molar-refractivity contribution in [1.82, 2.24) is 19.7 Å². The van der Waals surface area contributed by atoms with E-state index >= 15 is 0 Å². The highest BCUT2D eigenvalue weighted by atomic mass is 15.3. The Balaban J connectivity index is 0.914. The summed E-state index contributed by atoms with van der Waals surface area (Å²) in [4.78, 5) is 9.86. The summed E-state index contributed by atoms with van der Waals surface area (Å²) in [7, 11) is 0. The molecule has 0 radical (unpaired) electrons. The van der Waals surface area contributed by atoms with Gasteiger partial charge < -0.3 is 0 Å². The molecule has 0 aliphatic heterocycles. The van der Waals surface area contributed by atoms with Crippen LogP contribution >= 0.6 is 0 Å². The lowest BCUT2D eigenvalue weighted by Crippen LogP contribution is -1.98. The number of pyridine rings is 2. The van der Waals surface area contributed by atoms with Crippen molar-refractivity contribution in [3.8, 4) is 72.7 Å². The Hall–Kier alpha value is -7.95. The fourth-order valence-electron chi connectivity index (χ4n) is 8.40. The van der Waals surface area contributed by atoms with E-state index in [1.165, 1.54) is 55.6 Å². The van der Waals surface area contributed by atoms with Gasteiger partial charge in [-0.05, 0) is 117 Å². The van der Waals surface area contributed by atoms with Crippen molar-refractivity contribution in [2.75, 3.05) is 0 Å². The standard InChI is InChI=1S/C59H46N4/c1-4-13-47(14-5-1)48-28-30-49(31-29-48)51-17-12-18-52(38-51)59-34-32-53(41-61-59)56-21-10-11-22-57(56)54-36-44(24-23-43-27-33-58(60-39-43)50-15-6-2-7-16-50)35-45(37-54)25-26-46-40-62-63(42-46)55-19-8-3-9-20-55/h1-22,27-42H,23-26H2. The topological polar surface area (TPSA) is 43.6 Å². The van der Waals surface area contributed by atoms with Gasteiger partial charge >= 0.3 is 0 Å². The van der Waals surface area contributed by atoms with Gasteiger partial charge in [0.05, 0.1) is 23.3 Å². The van der Waals surface area contributed by atoms with Gasteiger partial charge in [0.15, 0.2) is 0 Å². The molecule has 0 N–H and O–H groups in total. The van der Waals surface area contributed by atoms with E-state index in [0.717, 1.165) is 65.0 Å². The summed E-state index contributed by atoms with van der Waals surface area (Å²) in [5.41, 5.74) is 19.8. The van der Waals surface area contributed by atoms with E-state index in [1.54, 1.807) is 0 Å². The monoisotopic (exact) mass is 810 g/mol. The molecule has 0 fully saturated rings. The van der Waals surface area contributed by atoms with E-state index in [4.69, 9.17) is 9.97 Å². The van der Waals surface area contributed by atoms with Crippen molar-refractivity contribution in [2.45, 2.75) is 25.7 Å². The first-order chi connectivity index (χ1) is 31.2. The quantitative estimate of drug-likeness (QED) is 0.116. The van der Waals surface area contributed by atoms with Gasteiger partial charge in [0.1, 0.15) is 0 Å². The average molecular weight is 811 g/mol. The van der Waals surface area contributed by atoms with Crippen molar-refractivity contribution < 1.29 is 0 Å². The highest BCUT2D eigenvalue weighted by molar-refractivity contribution is 5.84. The molecule has 0 atom stereocenters. The van der Waals surface area contributed by atoms with E-state index in [9.17, 15) is 0 Å². The molecule has 10 rings (SSSR count). The summed E-state index contributed by atoms with van der Waals surface area (Å²) in [5, 5.41) is 4.68. The van der Waals surface area contributed by atoms with E-state index in [-0.39, 0.29) is 0 Å². The maximum absolute atomic E-state index is 5.05. The minimum atomic E-state index is 0.897. The lowest BCUT2D eigenvalue weighted by atomic mass is 9.90. The van der Waals surface area contributed by atoms with Gasteiger partial charge in [0, 0.05) is 35.3 Å². The molecular formula is C59H46N4. The number of para-hydroxylation sites is 1.